The van der Waals surface area contributed by atoms with Crippen LogP contribution in [0.25, 0.3) is 0 Å². The number of nitrogens with zero attached hydrogens (tertiary/aromatic N) is 1. The second-order valence-corrected chi connectivity index (χ2v) is 6.92. The molecule has 0 radical (unpaired) electrons. The van der Waals surface area contributed by atoms with Crippen molar-refractivity contribution in [3.8, 4) is 0 Å². The van der Waals surface area contributed by atoms with Crippen LogP contribution >= 0.6 is 0 Å². The van der Waals surface area contributed by atoms with Gasteiger partial charge in [-0.1, -0.05) is 42.5 Å². The van der Waals surface area contributed by atoms with Gasteiger partial charge >= 0.3 is 17.8 Å². The van der Waals surface area contributed by atoms with Crippen molar-refractivity contribution in [2.75, 3.05) is 25.5 Å². The third-order valence-electron chi connectivity index (χ3n) is 5.04. The van der Waals surface area contributed by atoms with Crippen LogP contribution in [0.5, 0.6) is 0 Å². The van der Waals surface area contributed by atoms with Crippen molar-refractivity contribution in [2.45, 2.75) is 19.3 Å². The SMILES string of the molecule is COC(=O)c1ccccc1NC(=O)C(=O)N1CCC(Cc2ccccc2)CC1. The largest absolute Gasteiger partial charge is 0.465 e. The molecule has 2 aromatic carbocycles. The van der Waals surface area contributed by atoms with Crippen LogP contribution in [0.4, 0.5) is 5.69 Å². The number of carbonyl (C=O) groups is 3. The van der Waals surface area contributed by atoms with E-state index in [0.717, 1.165) is 19.3 Å². The fraction of sp³-hybridized carbons (Fsp3) is 0.318. The van der Waals surface area contributed by atoms with Gasteiger partial charge in [-0.3, -0.25) is 9.59 Å². The van der Waals surface area contributed by atoms with Crippen molar-refractivity contribution >= 4 is 23.5 Å². The molecule has 0 aliphatic carbocycles. The van der Waals surface area contributed by atoms with E-state index in [2.05, 4.69) is 17.4 Å². The van der Waals surface area contributed by atoms with E-state index >= 15 is 0 Å². The number of methoxy groups -OCH3 is 1. The van der Waals surface area contributed by atoms with E-state index in [1.807, 2.05) is 18.2 Å². The van der Waals surface area contributed by atoms with Gasteiger partial charge in [0.2, 0.25) is 0 Å². The molecular weight excluding hydrogens is 356 g/mol. The molecule has 2 amide bonds. The third-order valence-corrected chi connectivity index (χ3v) is 5.04. The number of para-hydroxylation sites is 1. The van der Waals surface area contributed by atoms with Crippen LogP contribution in [0, 0.1) is 5.92 Å². The Morgan fingerprint density at radius 1 is 1.00 bits per heavy atom. The average Bonchev–Trinajstić information content (AvgIpc) is 2.74. The molecule has 0 aromatic heterocycles. The van der Waals surface area contributed by atoms with Crippen molar-refractivity contribution in [3.63, 3.8) is 0 Å². The lowest BCUT2D eigenvalue weighted by molar-refractivity contribution is -0.144. The molecule has 1 heterocycles. The summed E-state index contributed by atoms with van der Waals surface area (Å²) < 4.78 is 4.71. The smallest absolute Gasteiger partial charge is 0.339 e. The van der Waals surface area contributed by atoms with Crippen LogP contribution in [-0.4, -0.2) is 42.9 Å². The Morgan fingerprint density at radius 3 is 2.32 bits per heavy atom. The zero-order chi connectivity index (χ0) is 19.9. The van der Waals surface area contributed by atoms with Crippen LogP contribution in [0.2, 0.25) is 0 Å². The number of amides is 2. The number of hydrogen-bond acceptors (Lipinski definition) is 4. The Hall–Kier alpha value is -3.15. The molecule has 6 heteroatoms. The van der Waals surface area contributed by atoms with E-state index in [-0.39, 0.29) is 11.3 Å². The summed E-state index contributed by atoms with van der Waals surface area (Å²) in [5.74, 6) is -1.37. The first kappa shape index (κ1) is 19.6. The lowest BCUT2D eigenvalue weighted by atomic mass is 9.90. The second kappa shape index (κ2) is 9.17. The Labute approximate surface area is 164 Å². The molecule has 146 valence electrons. The molecule has 1 N–H and O–H groups in total. The van der Waals surface area contributed by atoms with Gasteiger partial charge in [-0.15, -0.1) is 0 Å². The maximum absolute atomic E-state index is 12.5. The molecule has 3 rings (SSSR count). The van der Waals surface area contributed by atoms with Crippen molar-refractivity contribution in [1.82, 2.24) is 4.90 Å². The Balaban J connectivity index is 1.55. The summed E-state index contributed by atoms with van der Waals surface area (Å²) in [5.41, 5.74) is 1.78. The maximum Gasteiger partial charge on any atom is 0.339 e. The molecule has 0 atom stereocenters. The van der Waals surface area contributed by atoms with Gasteiger partial charge in [0, 0.05) is 13.1 Å². The lowest BCUT2D eigenvalue weighted by Gasteiger charge is -2.31. The van der Waals surface area contributed by atoms with E-state index in [1.165, 1.54) is 12.7 Å². The Morgan fingerprint density at radius 2 is 1.64 bits per heavy atom. The number of rotatable bonds is 4. The number of hydrogen-bond donors (Lipinski definition) is 1. The predicted molar refractivity (Wildman–Crippen MR) is 106 cm³/mol. The van der Waals surface area contributed by atoms with Gasteiger partial charge < -0.3 is 15.0 Å². The number of carbonyl (C=O) groups excluding carboxylic acids is 3. The third kappa shape index (κ3) is 4.76. The normalized spacial score (nSPS) is 14.4. The molecule has 0 saturated carbocycles. The molecule has 1 fully saturated rings. The van der Waals surface area contributed by atoms with Crippen LogP contribution in [-0.2, 0) is 20.7 Å². The minimum atomic E-state index is -0.738. The van der Waals surface area contributed by atoms with Crippen molar-refractivity contribution < 1.29 is 19.1 Å². The minimum absolute atomic E-state index is 0.215. The molecule has 1 saturated heterocycles. The van der Waals surface area contributed by atoms with E-state index in [0.29, 0.717) is 19.0 Å². The van der Waals surface area contributed by atoms with E-state index in [9.17, 15) is 14.4 Å². The summed E-state index contributed by atoms with van der Waals surface area (Å²) in [4.78, 5) is 38.3. The lowest BCUT2D eigenvalue weighted by Crippen LogP contribution is -2.44. The summed E-state index contributed by atoms with van der Waals surface area (Å²) in [6.45, 7) is 1.12. The molecule has 28 heavy (non-hydrogen) atoms. The fourth-order valence-electron chi connectivity index (χ4n) is 3.49. The number of likely N-dealkylation sites (tertiary alicyclic amines) is 1. The highest BCUT2D eigenvalue weighted by atomic mass is 16.5. The topological polar surface area (TPSA) is 75.7 Å². The highest BCUT2D eigenvalue weighted by Gasteiger charge is 2.28. The summed E-state index contributed by atoms with van der Waals surface area (Å²) in [6, 6.07) is 16.8. The van der Waals surface area contributed by atoms with Gasteiger partial charge in [0.25, 0.3) is 0 Å². The second-order valence-electron chi connectivity index (χ2n) is 6.92. The maximum atomic E-state index is 12.5. The zero-order valence-electron chi connectivity index (χ0n) is 15.9. The number of ether oxygens (including phenoxy) is 1. The summed E-state index contributed by atoms with van der Waals surface area (Å²) in [6.07, 6.45) is 2.72. The highest BCUT2D eigenvalue weighted by Crippen LogP contribution is 2.22. The van der Waals surface area contributed by atoms with Gasteiger partial charge in [0.1, 0.15) is 0 Å². The zero-order valence-corrected chi connectivity index (χ0v) is 15.9. The molecule has 0 unspecified atom stereocenters. The quantitative estimate of drug-likeness (QED) is 0.654. The van der Waals surface area contributed by atoms with Gasteiger partial charge in [0.15, 0.2) is 0 Å². The number of anilines is 1. The van der Waals surface area contributed by atoms with Crippen molar-refractivity contribution in [1.29, 1.82) is 0 Å². The molecular formula is C22H24N2O4. The van der Waals surface area contributed by atoms with Gasteiger partial charge in [0.05, 0.1) is 18.4 Å². The van der Waals surface area contributed by atoms with Crippen molar-refractivity contribution in [2.24, 2.45) is 5.92 Å². The molecule has 1 aliphatic heterocycles. The predicted octanol–water partition coefficient (Wildman–Crippen LogP) is 2.89. The number of benzene rings is 2. The number of piperidine rings is 1. The molecule has 0 bridgehead atoms. The number of nitrogens with one attached hydrogen (secondary N) is 1. The van der Waals surface area contributed by atoms with E-state index in [1.54, 1.807) is 29.2 Å². The monoisotopic (exact) mass is 380 g/mol. The van der Waals surface area contributed by atoms with Gasteiger partial charge in [-0.25, -0.2) is 4.79 Å². The first-order valence-electron chi connectivity index (χ1n) is 9.40. The van der Waals surface area contributed by atoms with Crippen LogP contribution in [0.3, 0.4) is 0 Å². The molecule has 1 aliphatic rings. The highest BCUT2D eigenvalue weighted by molar-refractivity contribution is 6.39. The molecule has 6 nitrogen and oxygen atoms in total. The van der Waals surface area contributed by atoms with E-state index in [4.69, 9.17) is 4.74 Å². The van der Waals surface area contributed by atoms with Crippen molar-refractivity contribution in [3.05, 3.63) is 65.7 Å². The molecule has 2 aromatic rings. The summed E-state index contributed by atoms with van der Waals surface area (Å²) >= 11 is 0. The minimum Gasteiger partial charge on any atom is -0.465 e. The Bertz CT molecular complexity index is 843. The average molecular weight is 380 g/mol. The first-order chi connectivity index (χ1) is 13.6. The summed E-state index contributed by atoms with van der Waals surface area (Å²) in [7, 11) is 1.27. The Kier molecular flexibility index (Phi) is 6.42. The van der Waals surface area contributed by atoms with Gasteiger partial charge in [-0.05, 0) is 42.9 Å². The van der Waals surface area contributed by atoms with Gasteiger partial charge in [-0.2, -0.15) is 0 Å². The standard InChI is InChI=1S/C22H24N2O4/c1-28-22(27)18-9-5-6-10-19(18)23-20(25)21(26)24-13-11-17(12-14-24)15-16-7-3-2-4-8-16/h2-10,17H,11-15H2,1H3,(H,23,25). The van der Waals surface area contributed by atoms with Crippen LogP contribution in [0.1, 0.15) is 28.8 Å². The summed E-state index contributed by atoms with van der Waals surface area (Å²) in [5, 5.41) is 2.54. The van der Waals surface area contributed by atoms with E-state index < -0.39 is 17.8 Å². The van der Waals surface area contributed by atoms with Crippen LogP contribution < -0.4 is 5.32 Å². The molecule has 0 spiro atoms. The fourth-order valence-corrected chi connectivity index (χ4v) is 3.49. The first-order valence-corrected chi connectivity index (χ1v) is 9.40. The van der Waals surface area contributed by atoms with Crippen LogP contribution in [0.15, 0.2) is 54.6 Å². The number of esters is 1.